The normalized spacial score (nSPS) is 14.6. The summed E-state index contributed by atoms with van der Waals surface area (Å²) in [6.45, 7) is 2.53. The van der Waals surface area contributed by atoms with Crippen molar-refractivity contribution in [3.05, 3.63) is 87.2 Å². The molecule has 8 nitrogen and oxygen atoms in total. The summed E-state index contributed by atoms with van der Waals surface area (Å²) in [5.41, 5.74) is 1.60. The van der Waals surface area contributed by atoms with Gasteiger partial charge >= 0.3 is 0 Å². The first kappa shape index (κ1) is 27.4. The molecule has 0 saturated carbocycles. The van der Waals surface area contributed by atoms with Crippen LogP contribution in [0.5, 0.6) is 11.5 Å². The van der Waals surface area contributed by atoms with Gasteiger partial charge in [0.2, 0.25) is 6.17 Å². The lowest BCUT2D eigenvalue weighted by molar-refractivity contribution is -0.117. The van der Waals surface area contributed by atoms with E-state index in [-0.39, 0.29) is 29.5 Å². The number of anilines is 1. The predicted molar refractivity (Wildman–Crippen MR) is 143 cm³/mol. The fourth-order valence-electron chi connectivity index (χ4n) is 3.85. The number of para-hydroxylation sites is 1. The average Bonchev–Trinajstić information content (AvgIpc) is 3.01. The Morgan fingerprint density at radius 3 is 2.63 bits per heavy atom. The van der Waals surface area contributed by atoms with Crippen molar-refractivity contribution in [2.45, 2.75) is 13.1 Å². The second-order valence-corrected chi connectivity index (χ2v) is 8.91. The highest BCUT2D eigenvalue weighted by Crippen LogP contribution is 2.36. The lowest BCUT2D eigenvalue weighted by Crippen LogP contribution is -2.42. The van der Waals surface area contributed by atoms with Gasteiger partial charge in [-0.15, -0.1) is 0 Å². The number of nitrogens with one attached hydrogen (secondary N) is 2. The van der Waals surface area contributed by atoms with Crippen LogP contribution in [0, 0.1) is 5.82 Å². The maximum absolute atomic E-state index is 14.1. The number of aliphatic imine (C=N–C) groups is 1. The molecule has 1 aliphatic heterocycles. The second-order valence-electron chi connectivity index (χ2n) is 8.06. The molecule has 3 aromatic rings. The number of amides is 2. The minimum atomic E-state index is -1.40. The summed E-state index contributed by atoms with van der Waals surface area (Å²) in [4.78, 5) is 31.1. The summed E-state index contributed by atoms with van der Waals surface area (Å²) in [7, 11) is 1.50. The van der Waals surface area contributed by atoms with Crippen LogP contribution in [0.15, 0.2) is 59.6 Å². The number of rotatable bonds is 9. The molecule has 1 aliphatic rings. The van der Waals surface area contributed by atoms with Crippen molar-refractivity contribution in [2.24, 2.45) is 4.99 Å². The Morgan fingerprint density at radius 2 is 1.87 bits per heavy atom. The number of ether oxygens (including phenoxy) is 3. The van der Waals surface area contributed by atoms with Crippen LogP contribution in [0.4, 0.5) is 10.1 Å². The number of fused-ring (bicyclic) bond motifs is 1. The van der Waals surface area contributed by atoms with E-state index in [0.29, 0.717) is 39.9 Å². The van der Waals surface area contributed by atoms with Gasteiger partial charge in [0.15, 0.2) is 0 Å². The van der Waals surface area contributed by atoms with Crippen molar-refractivity contribution in [3.8, 4) is 11.5 Å². The van der Waals surface area contributed by atoms with E-state index < -0.39 is 23.8 Å². The standard InChI is InChI=1S/C27H24Cl2FN3O5/c1-3-37-22-13-15(28)12-19(29)23(22)24-17-6-4-5-7-20(17)31-27(35)25(32-24)33-26(34)18-14-16(30)8-9-21(18)38-11-10-36-2/h4-9,12-14,25H,3,10-11H2,1-2H3,(H,31,35)(H,33,34)/t25-/m0/s1. The Kier molecular flexibility index (Phi) is 8.83. The highest BCUT2D eigenvalue weighted by molar-refractivity contribution is 6.39. The van der Waals surface area contributed by atoms with E-state index >= 15 is 0 Å². The smallest absolute Gasteiger partial charge is 0.269 e. The molecule has 11 heteroatoms. The third-order valence-corrected chi connectivity index (χ3v) is 6.02. The summed E-state index contributed by atoms with van der Waals surface area (Å²) in [6.07, 6.45) is -1.40. The van der Waals surface area contributed by atoms with Crippen LogP contribution in [-0.4, -0.2) is 50.6 Å². The van der Waals surface area contributed by atoms with Gasteiger partial charge < -0.3 is 24.8 Å². The Bertz CT molecular complexity index is 1400. The van der Waals surface area contributed by atoms with Crippen LogP contribution < -0.4 is 20.1 Å². The quantitative estimate of drug-likeness (QED) is 0.355. The van der Waals surface area contributed by atoms with Crippen molar-refractivity contribution in [3.63, 3.8) is 0 Å². The summed E-state index contributed by atoms with van der Waals surface area (Å²) in [5, 5.41) is 5.95. The van der Waals surface area contributed by atoms with E-state index in [4.69, 9.17) is 37.4 Å². The number of benzodiazepines with no additional fused rings is 1. The van der Waals surface area contributed by atoms with Crippen molar-refractivity contribution in [1.29, 1.82) is 0 Å². The first-order valence-corrected chi connectivity index (χ1v) is 12.4. The summed E-state index contributed by atoms with van der Waals surface area (Å²) >= 11 is 12.8. The van der Waals surface area contributed by atoms with Crippen LogP contribution in [0.1, 0.15) is 28.4 Å². The van der Waals surface area contributed by atoms with Crippen LogP contribution in [0.25, 0.3) is 0 Å². The first-order valence-electron chi connectivity index (χ1n) is 11.6. The number of benzene rings is 3. The van der Waals surface area contributed by atoms with E-state index in [9.17, 15) is 14.0 Å². The second kappa shape index (κ2) is 12.3. The molecule has 1 atom stereocenters. The van der Waals surface area contributed by atoms with Crippen LogP contribution in [-0.2, 0) is 9.53 Å². The van der Waals surface area contributed by atoms with Crippen molar-refractivity contribution in [2.75, 3.05) is 32.2 Å². The van der Waals surface area contributed by atoms with Gasteiger partial charge in [0.1, 0.15) is 23.9 Å². The van der Waals surface area contributed by atoms with E-state index in [0.717, 1.165) is 6.07 Å². The largest absolute Gasteiger partial charge is 0.493 e. The first-order chi connectivity index (χ1) is 18.3. The minimum absolute atomic E-state index is 0.105. The Labute approximate surface area is 228 Å². The lowest BCUT2D eigenvalue weighted by atomic mass is 9.99. The van der Waals surface area contributed by atoms with Gasteiger partial charge in [-0.2, -0.15) is 0 Å². The zero-order valence-electron chi connectivity index (χ0n) is 20.5. The number of hydrogen-bond acceptors (Lipinski definition) is 6. The van der Waals surface area contributed by atoms with Gasteiger partial charge in [0.25, 0.3) is 11.8 Å². The molecule has 1 heterocycles. The van der Waals surface area contributed by atoms with Gasteiger partial charge in [-0.3, -0.25) is 9.59 Å². The topological polar surface area (TPSA) is 98.2 Å². The molecule has 3 aromatic carbocycles. The number of carbonyl (C=O) groups excluding carboxylic acids is 2. The summed E-state index contributed by atoms with van der Waals surface area (Å²) in [5.74, 6) is -1.54. The number of methoxy groups -OCH3 is 1. The molecule has 0 aliphatic carbocycles. The fourth-order valence-corrected chi connectivity index (χ4v) is 4.41. The molecule has 0 radical (unpaired) electrons. The van der Waals surface area contributed by atoms with Gasteiger partial charge in [0, 0.05) is 17.7 Å². The molecule has 198 valence electrons. The minimum Gasteiger partial charge on any atom is -0.493 e. The molecular formula is C27H24Cl2FN3O5. The fraction of sp³-hybridized carbons (Fsp3) is 0.222. The van der Waals surface area contributed by atoms with Gasteiger partial charge in [0.05, 0.1) is 40.8 Å². The van der Waals surface area contributed by atoms with E-state index in [2.05, 4.69) is 15.6 Å². The molecule has 0 spiro atoms. The number of hydrogen-bond donors (Lipinski definition) is 2. The van der Waals surface area contributed by atoms with Crippen molar-refractivity contribution < 1.29 is 28.2 Å². The highest BCUT2D eigenvalue weighted by Gasteiger charge is 2.30. The van der Waals surface area contributed by atoms with Crippen LogP contribution in [0.3, 0.4) is 0 Å². The van der Waals surface area contributed by atoms with Gasteiger partial charge in [-0.1, -0.05) is 41.4 Å². The molecule has 2 N–H and O–H groups in total. The molecule has 38 heavy (non-hydrogen) atoms. The molecule has 0 aromatic heterocycles. The zero-order chi connectivity index (χ0) is 27.2. The van der Waals surface area contributed by atoms with Gasteiger partial charge in [-0.05, 0) is 43.3 Å². The molecule has 0 bridgehead atoms. The molecule has 2 amide bonds. The molecule has 0 unspecified atom stereocenters. The zero-order valence-corrected chi connectivity index (χ0v) is 22.0. The van der Waals surface area contributed by atoms with Crippen LogP contribution in [0.2, 0.25) is 10.0 Å². The van der Waals surface area contributed by atoms with Crippen LogP contribution >= 0.6 is 23.2 Å². The lowest BCUT2D eigenvalue weighted by Gasteiger charge is -2.17. The van der Waals surface area contributed by atoms with E-state index in [1.54, 1.807) is 37.3 Å². The third-order valence-electron chi connectivity index (χ3n) is 5.50. The molecule has 0 fully saturated rings. The van der Waals surface area contributed by atoms with E-state index in [1.165, 1.54) is 25.3 Å². The average molecular weight is 560 g/mol. The predicted octanol–water partition coefficient (Wildman–Crippen LogP) is 5.10. The number of halogens is 3. The maximum Gasteiger partial charge on any atom is 0.269 e. The summed E-state index contributed by atoms with van der Waals surface area (Å²) in [6, 6.07) is 13.6. The van der Waals surface area contributed by atoms with Crippen molar-refractivity contribution >= 4 is 46.4 Å². The Hall–Kier alpha value is -3.66. The molecular weight excluding hydrogens is 536 g/mol. The number of carbonyl (C=O) groups is 2. The number of nitrogens with zero attached hydrogens (tertiary/aromatic N) is 1. The van der Waals surface area contributed by atoms with Gasteiger partial charge in [-0.25, -0.2) is 9.38 Å². The Balaban J connectivity index is 1.78. The maximum atomic E-state index is 14.1. The molecule has 4 rings (SSSR count). The Morgan fingerprint density at radius 1 is 1.08 bits per heavy atom. The highest BCUT2D eigenvalue weighted by atomic mass is 35.5. The monoisotopic (exact) mass is 559 g/mol. The molecule has 0 saturated heterocycles. The third kappa shape index (κ3) is 6.07. The van der Waals surface area contributed by atoms with E-state index in [1.807, 2.05) is 0 Å². The van der Waals surface area contributed by atoms with Crippen molar-refractivity contribution in [1.82, 2.24) is 5.32 Å². The summed E-state index contributed by atoms with van der Waals surface area (Å²) < 4.78 is 30.4. The SMILES string of the molecule is CCOc1cc(Cl)cc(Cl)c1C1=N[C@@H](NC(=O)c2cc(F)ccc2OCCOC)C(=O)Nc2ccccc21.